The maximum atomic E-state index is 12.5. The number of benzene rings is 1. The van der Waals surface area contributed by atoms with Gasteiger partial charge in [-0.15, -0.1) is 0 Å². The fraction of sp³-hybridized carbons (Fsp3) is 0.579. The first-order valence-corrected chi connectivity index (χ1v) is 9.40. The molecular weight excluding hydrogens is 340 g/mol. The molecule has 1 heterocycles. The molecule has 3 rings (SSSR count). The lowest BCUT2D eigenvalue weighted by Gasteiger charge is -2.33. The van der Waals surface area contributed by atoms with Gasteiger partial charge in [-0.1, -0.05) is 29.8 Å². The summed E-state index contributed by atoms with van der Waals surface area (Å²) in [5, 5.41) is 3.65. The predicted molar refractivity (Wildman–Crippen MR) is 96.1 cm³/mol. The SMILES string of the molecule is O=C(NCc1ccccc1Cl)C1CCC(C(=O)N2CCOCC2)CC1. The average molecular weight is 365 g/mol. The van der Waals surface area contributed by atoms with E-state index in [1.54, 1.807) is 0 Å². The number of hydrogen-bond acceptors (Lipinski definition) is 3. The number of nitrogens with one attached hydrogen (secondary N) is 1. The molecule has 1 saturated carbocycles. The van der Waals surface area contributed by atoms with Gasteiger partial charge < -0.3 is 15.0 Å². The third-order valence-corrected chi connectivity index (χ3v) is 5.55. The summed E-state index contributed by atoms with van der Waals surface area (Å²) in [7, 11) is 0. The fourth-order valence-corrected chi connectivity index (χ4v) is 3.82. The van der Waals surface area contributed by atoms with Crippen LogP contribution in [0.1, 0.15) is 31.2 Å². The molecule has 0 radical (unpaired) electrons. The van der Waals surface area contributed by atoms with Crippen molar-refractivity contribution in [1.29, 1.82) is 0 Å². The smallest absolute Gasteiger partial charge is 0.225 e. The van der Waals surface area contributed by atoms with Gasteiger partial charge in [-0.05, 0) is 37.3 Å². The van der Waals surface area contributed by atoms with Gasteiger partial charge >= 0.3 is 0 Å². The number of rotatable bonds is 4. The van der Waals surface area contributed by atoms with Crippen LogP contribution in [-0.2, 0) is 20.9 Å². The van der Waals surface area contributed by atoms with Gasteiger partial charge in [0.05, 0.1) is 13.2 Å². The second-order valence-corrected chi connectivity index (χ2v) is 7.20. The van der Waals surface area contributed by atoms with Gasteiger partial charge in [-0.25, -0.2) is 0 Å². The summed E-state index contributed by atoms with van der Waals surface area (Å²) in [5.41, 5.74) is 0.925. The number of nitrogens with zero attached hydrogens (tertiary/aromatic N) is 1. The number of carbonyl (C=O) groups excluding carboxylic acids is 2. The van der Waals surface area contributed by atoms with Crippen LogP contribution in [0.4, 0.5) is 0 Å². The van der Waals surface area contributed by atoms with E-state index < -0.39 is 0 Å². The van der Waals surface area contributed by atoms with Crippen LogP contribution in [0, 0.1) is 11.8 Å². The molecule has 136 valence electrons. The minimum Gasteiger partial charge on any atom is -0.378 e. The van der Waals surface area contributed by atoms with Crippen molar-refractivity contribution in [3.8, 4) is 0 Å². The lowest BCUT2D eigenvalue weighted by atomic mass is 9.81. The third-order valence-electron chi connectivity index (χ3n) is 5.18. The van der Waals surface area contributed by atoms with Crippen molar-refractivity contribution in [1.82, 2.24) is 10.2 Å². The van der Waals surface area contributed by atoms with E-state index in [9.17, 15) is 9.59 Å². The molecule has 1 saturated heterocycles. The second-order valence-electron chi connectivity index (χ2n) is 6.80. The van der Waals surface area contributed by atoms with Crippen molar-refractivity contribution in [3.05, 3.63) is 34.9 Å². The Balaban J connectivity index is 1.44. The number of carbonyl (C=O) groups is 2. The third kappa shape index (κ3) is 4.73. The topological polar surface area (TPSA) is 58.6 Å². The maximum absolute atomic E-state index is 12.5. The van der Waals surface area contributed by atoms with Gasteiger partial charge in [0.2, 0.25) is 11.8 Å². The zero-order valence-corrected chi connectivity index (χ0v) is 15.1. The van der Waals surface area contributed by atoms with Gasteiger partial charge in [-0.2, -0.15) is 0 Å². The summed E-state index contributed by atoms with van der Waals surface area (Å²) in [6.07, 6.45) is 3.13. The van der Waals surface area contributed by atoms with Crippen molar-refractivity contribution in [2.45, 2.75) is 32.2 Å². The number of amides is 2. The van der Waals surface area contributed by atoms with Crippen LogP contribution in [0.25, 0.3) is 0 Å². The Morgan fingerprint density at radius 3 is 2.40 bits per heavy atom. The van der Waals surface area contributed by atoms with Crippen molar-refractivity contribution in [2.75, 3.05) is 26.3 Å². The highest BCUT2D eigenvalue weighted by Crippen LogP contribution is 2.30. The molecule has 25 heavy (non-hydrogen) atoms. The van der Waals surface area contributed by atoms with Gasteiger partial charge in [-0.3, -0.25) is 9.59 Å². The fourth-order valence-electron chi connectivity index (χ4n) is 3.61. The van der Waals surface area contributed by atoms with E-state index in [1.165, 1.54) is 0 Å². The molecule has 1 N–H and O–H groups in total. The van der Waals surface area contributed by atoms with E-state index in [1.807, 2.05) is 29.2 Å². The van der Waals surface area contributed by atoms with Gasteiger partial charge in [0, 0.05) is 36.5 Å². The highest BCUT2D eigenvalue weighted by atomic mass is 35.5. The van der Waals surface area contributed by atoms with E-state index in [4.69, 9.17) is 16.3 Å². The minimum atomic E-state index is -0.00349. The largest absolute Gasteiger partial charge is 0.378 e. The molecule has 0 unspecified atom stereocenters. The Morgan fingerprint density at radius 1 is 1.08 bits per heavy atom. The van der Waals surface area contributed by atoms with Crippen molar-refractivity contribution in [2.24, 2.45) is 11.8 Å². The Morgan fingerprint density at radius 2 is 1.72 bits per heavy atom. The van der Waals surface area contributed by atoms with Gasteiger partial charge in [0.1, 0.15) is 0 Å². The molecule has 1 aromatic rings. The first kappa shape index (κ1) is 18.2. The Bertz CT molecular complexity index is 608. The zero-order chi connectivity index (χ0) is 17.6. The quantitative estimate of drug-likeness (QED) is 0.893. The Labute approximate surface area is 153 Å². The van der Waals surface area contributed by atoms with Crippen molar-refractivity contribution >= 4 is 23.4 Å². The normalized spacial score (nSPS) is 24.0. The highest BCUT2D eigenvalue weighted by molar-refractivity contribution is 6.31. The first-order chi connectivity index (χ1) is 12.1. The van der Waals surface area contributed by atoms with Gasteiger partial charge in [0.15, 0.2) is 0 Å². The molecule has 2 fully saturated rings. The molecule has 2 aliphatic rings. The lowest BCUT2D eigenvalue weighted by molar-refractivity contribution is -0.142. The number of halogens is 1. The van der Waals surface area contributed by atoms with Crippen LogP contribution < -0.4 is 5.32 Å². The maximum Gasteiger partial charge on any atom is 0.225 e. The molecule has 0 bridgehead atoms. The molecule has 0 aromatic heterocycles. The summed E-state index contributed by atoms with van der Waals surface area (Å²) >= 11 is 6.12. The summed E-state index contributed by atoms with van der Waals surface area (Å²) in [6.45, 7) is 3.09. The molecular formula is C19H25ClN2O3. The standard InChI is InChI=1S/C19H25ClN2O3/c20-17-4-2-1-3-16(17)13-21-18(23)14-5-7-15(8-6-14)19(24)22-9-11-25-12-10-22/h1-4,14-15H,5-13H2,(H,21,23). The minimum absolute atomic E-state index is 0.00349. The summed E-state index contributed by atoms with van der Waals surface area (Å²) in [6, 6.07) is 7.53. The molecule has 0 atom stereocenters. The van der Waals surface area contributed by atoms with Crippen LogP contribution >= 0.6 is 11.6 Å². The molecule has 1 aliphatic heterocycles. The van der Waals surface area contributed by atoms with E-state index in [0.29, 0.717) is 37.9 Å². The van der Waals surface area contributed by atoms with Crippen molar-refractivity contribution < 1.29 is 14.3 Å². The number of hydrogen-bond donors (Lipinski definition) is 1. The molecule has 1 aromatic carbocycles. The first-order valence-electron chi connectivity index (χ1n) is 9.03. The van der Waals surface area contributed by atoms with E-state index in [-0.39, 0.29) is 23.7 Å². The van der Waals surface area contributed by atoms with Crippen LogP contribution in [0.5, 0.6) is 0 Å². The molecule has 2 amide bonds. The van der Waals surface area contributed by atoms with E-state index >= 15 is 0 Å². The Kier molecular flexibility index (Phi) is 6.32. The van der Waals surface area contributed by atoms with Crippen LogP contribution in [0.3, 0.4) is 0 Å². The second kappa shape index (κ2) is 8.68. The number of ether oxygens (including phenoxy) is 1. The van der Waals surface area contributed by atoms with Crippen molar-refractivity contribution in [3.63, 3.8) is 0 Å². The molecule has 6 heteroatoms. The van der Waals surface area contributed by atoms with E-state index in [2.05, 4.69) is 5.32 Å². The monoisotopic (exact) mass is 364 g/mol. The molecule has 5 nitrogen and oxygen atoms in total. The zero-order valence-electron chi connectivity index (χ0n) is 14.4. The van der Waals surface area contributed by atoms with E-state index in [0.717, 1.165) is 31.2 Å². The van der Waals surface area contributed by atoms with Gasteiger partial charge in [0.25, 0.3) is 0 Å². The summed E-state index contributed by atoms with van der Waals surface area (Å²) < 4.78 is 5.30. The lowest BCUT2D eigenvalue weighted by Crippen LogP contribution is -2.45. The van der Waals surface area contributed by atoms with Crippen LogP contribution in [0.15, 0.2) is 24.3 Å². The highest BCUT2D eigenvalue weighted by Gasteiger charge is 2.32. The number of morpholine rings is 1. The molecule has 1 aliphatic carbocycles. The van der Waals surface area contributed by atoms with Crippen LogP contribution in [0.2, 0.25) is 5.02 Å². The Hall–Kier alpha value is -1.59. The summed E-state index contributed by atoms with van der Waals surface area (Å²) in [4.78, 5) is 26.8. The predicted octanol–water partition coefficient (Wildman–Crippen LogP) is 2.62. The summed E-state index contributed by atoms with van der Waals surface area (Å²) in [5.74, 6) is 0.359. The molecule has 0 spiro atoms. The van der Waals surface area contributed by atoms with Crippen LogP contribution in [-0.4, -0.2) is 43.0 Å². The average Bonchev–Trinajstić information content (AvgIpc) is 2.67.